The van der Waals surface area contributed by atoms with Crippen LogP contribution in [0.3, 0.4) is 0 Å². The van der Waals surface area contributed by atoms with Gasteiger partial charge in [-0.05, 0) is 30.0 Å². The van der Waals surface area contributed by atoms with Crippen LogP contribution in [0, 0.1) is 11.6 Å². The molecule has 20 heavy (non-hydrogen) atoms. The Morgan fingerprint density at radius 1 is 1.25 bits per heavy atom. The van der Waals surface area contributed by atoms with E-state index in [0.29, 0.717) is 5.56 Å². The minimum Gasteiger partial charge on any atom is -0.369 e. The molecule has 0 aromatic heterocycles. The number of piperidine rings is 1. The molecule has 1 saturated heterocycles. The fourth-order valence-corrected chi connectivity index (χ4v) is 2.07. The highest BCUT2D eigenvalue weighted by atomic mass is 19.1. The van der Waals surface area contributed by atoms with Gasteiger partial charge in [0.15, 0.2) is 0 Å². The number of hydrogen-bond acceptors (Lipinski definition) is 3. The average Bonchev–Trinajstić information content (AvgIpc) is 2.35. The highest BCUT2D eigenvalue weighted by Gasteiger charge is 2.28. The molecule has 1 heterocycles. The average molecular weight is 282 g/mol. The first-order valence-corrected chi connectivity index (χ1v) is 6.47. The second kappa shape index (κ2) is 5.56. The van der Waals surface area contributed by atoms with Crippen LogP contribution in [0.4, 0.5) is 14.5 Å². The molecular weight excluding hydrogens is 266 g/mol. The largest absolute Gasteiger partial charge is 0.369 e. The summed E-state index contributed by atoms with van der Waals surface area (Å²) >= 11 is 0. The van der Waals surface area contributed by atoms with E-state index in [1.807, 2.05) is 13.8 Å². The van der Waals surface area contributed by atoms with Crippen molar-refractivity contribution < 1.29 is 18.4 Å². The molecule has 0 bridgehead atoms. The van der Waals surface area contributed by atoms with Crippen LogP contribution in [0.2, 0.25) is 0 Å². The summed E-state index contributed by atoms with van der Waals surface area (Å²) in [6.07, 6.45) is 0.367. The second-order valence-corrected chi connectivity index (χ2v) is 5.16. The molecule has 1 atom stereocenters. The van der Waals surface area contributed by atoms with Gasteiger partial charge in [0.05, 0.1) is 0 Å². The Kier molecular flexibility index (Phi) is 4.01. The third kappa shape index (κ3) is 2.95. The smallest absolute Gasteiger partial charge is 0.249 e. The highest BCUT2D eigenvalue weighted by molar-refractivity contribution is 6.01. The van der Waals surface area contributed by atoms with Gasteiger partial charge in [-0.2, -0.15) is 0 Å². The molecule has 2 rings (SSSR count). The van der Waals surface area contributed by atoms with Gasteiger partial charge in [-0.25, -0.2) is 8.78 Å². The van der Waals surface area contributed by atoms with Crippen LogP contribution in [0.5, 0.6) is 0 Å². The number of hydrogen-bond donors (Lipinski definition) is 2. The topological polar surface area (TPSA) is 58.2 Å². The van der Waals surface area contributed by atoms with Crippen molar-refractivity contribution in [3.63, 3.8) is 0 Å². The van der Waals surface area contributed by atoms with Gasteiger partial charge in [-0.3, -0.25) is 14.9 Å². The van der Waals surface area contributed by atoms with Crippen molar-refractivity contribution in [2.24, 2.45) is 0 Å². The Morgan fingerprint density at radius 3 is 2.35 bits per heavy atom. The monoisotopic (exact) mass is 282 g/mol. The number of amides is 2. The first kappa shape index (κ1) is 14.4. The Morgan fingerprint density at radius 2 is 1.85 bits per heavy atom. The lowest BCUT2D eigenvalue weighted by atomic mass is 10.0. The molecule has 6 heteroatoms. The number of imide groups is 1. The third-order valence-electron chi connectivity index (χ3n) is 3.29. The Balaban J connectivity index is 2.21. The first-order chi connectivity index (χ1) is 9.38. The predicted octanol–water partition coefficient (Wildman–Crippen LogP) is 2.31. The van der Waals surface area contributed by atoms with E-state index in [2.05, 4.69) is 10.6 Å². The number of rotatable bonds is 3. The maximum Gasteiger partial charge on any atom is 0.249 e. The summed E-state index contributed by atoms with van der Waals surface area (Å²) in [5.41, 5.74) is 0.220. The second-order valence-electron chi connectivity index (χ2n) is 5.16. The molecule has 1 unspecified atom stereocenters. The molecule has 1 aliphatic rings. The molecule has 0 aliphatic carbocycles. The number of benzene rings is 1. The van der Waals surface area contributed by atoms with Crippen molar-refractivity contribution >= 4 is 17.5 Å². The Labute approximate surface area is 115 Å². The van der Waals surface area contributed by atoms with E-state index in [9.17, 15) is 18.4 Å². The van der Waals surface area contributed by atoms with Crippen molar-refractivity contribution in [3.05, 3.63) is 29.3 Å². The number of nitrogens with one attached hydrogen (secondary N) is 2. The van der Waals surface area contributed by atoms with Gasteiger partial charge >= 0.3 is 0 Å². The van der Waals surface area contributed by atoms with Crippen LogP contribution < -0.4 is 10.6 Å². The quantitative estimate of drug-likeness (QED) is 0.836. The highest BCUT2D eigenvalue weighted by Crippen LogP contribution is 2.26. The molecular formula is C14H16F2N2O2. The molecule has 0 saturated carbocycles. The molecule has 1 aromatic carbocycles. The Hall–Kier alpha value is -1.98. The van der Waals surface area contributed by atoms with Crippen LogP contribution in [0.1, 0.15) is 38.2 Å². The zero-order valence-corrected chi connectivity index (χ0v) is 11.3. The molecule has 0 radical (unpaired) electrons. The van der Waals surface area contributed by atoms with Crippen LogP contribution in [0.25, 0.3) is 0 Å². The zero-order valence-electron chi connectivity index (χ0n) is 11.3. The van der Waals surface area contributed by atoms with E-state index in [-0.39, 0.29) is 30.4 Å². The van der Waals surface area contributed by atoms with E-state index in [1.165, 1.54) is 12.1 Å². The van der Waals surface area contributed by atoms with Crippen LogP contribution in [-0.4, -0.2) is 17.9 Å². The summed E-state index contributed by atoms with van der Waals surface area (Å²) in [4.78, 5) is 22.6. The lowest BCUT2D eigenvalue weighted by Gasteiger charge is -2.23. The minimum atomic E-state index is -0.804. The molecule has 2 N–H and O–H groups in total. The first-order valence-electron chi connectivity index (χ1n) is 6.47. The van der Waals surface area contributed by atoms with E-state index in [1.54, 1.807) is 0 Å². The van der Waals surface area contributed by atoms with Crippen molar-refractivity contribution in [2.45, 2.75) is 38.6 Å². The van der Waals surface area contributed by atoms with Gasteiger partial charge in [0.25, 0.3) is 0 Å². The molecule has 2 amide bonds. The molecule has 108 valence electrons. The van der Waals surface area contributed by atoms with Crippen molar-refractivity contribution in [2.75, 3.05) is 5.32 Å². The molecule has 4 nitrogen and oxygen atoms in total. The Bertz CT molecular complexity index is 535. The minimum absolute atomic E-state index is 0.00338. The summed E-state index contributed by atoms with van der Waals surface area (Å²) in [5, 5.41) is 4.67. The van der Waals surface area contributed by atoms with Gasteiger partial charge in [0.2, 0.25) is 11.8 Å². The normalized spacial score (nSPS) is 19.1. The third-order valence-corrected chi connectivity index (χ3v) is 3.29. The van der Waals surface area contributed by atoms with Crippen LogP contribution >= 0.6 is 0 Å². The number of anilines is 1. The summed E-state index contributed by atoms with van der Waals surface area (Å²) in [6, 6.07) is 1.70. The van der Waals surface area contributed by atoms with Crippen LogP contribution in [-0.2, 0) is 9.59 Å². The summed E-state index contributed by atoms with van der Waals surface area (Å²) < 4.78 is 27.9. The van der Waals surface area contributed by atoms with Gasteiger partial charge in [-0.1, -0.05) is 13.8 Å². The molecule has 1 fully saturated rings. The summed E-state index contributed by atoms with van der Waals surface area (Å²) in [7, 11) is 0. The fourth-order valence-electron chi connectivity index (χ4n) is 2.07. The zero-order chi connectivity index (χ0) is 14.9. The maximum absolute atomic E-state index is 13.9. The molecule has 1 aliphatic heterocycles. The van der Waals surface area contributed by atoms with E-state index >= 15 is 0 Å². The number of carbonyl (C=O) groups excluding carboxylic acids is 2. The van der Waals surface area contributed by atoms with Gasteiger partial charge in [0.1, 0.15) is 23.4 Å². The lowest BCUT2D eigenvalue weighted by Crippen LogP contribution is -2.47. The van der Waals surface area contributed by atoms with Gasteiger partial charge in [-0.15, -0.1) is 0 Å². The summed E-state index contributed by atoms with van der Waals surface area (Å²) in [5.74, 6) is -2.41. The van der Waals surface area contributed by atoms with Crippen molar-refractivity contribution in [1.82, 2.24) is 5.32 Å². The summed E-state index contributed by atoms with van der Waals surface area (Å²) in [6.45, 7) is 3.67. The number of halogens is 2. The van der Waals surface area contributed by atoms with Crippen molar-refractivity contribution in [3.8, 4) is 0 Å². The van der Waals surface area contributed by atoms with Gasteiger partial charge in [0, 0.05) is 6.42 Å². The predicted molar refractivity (Wildman–Crippen MR) is 70.2 cm³/mol. The SMILES string of the molecule is CC(C)c1cc(F)c(NC2CCC(=O)NC2=O)c(F)c1. The van der Waals surface area contributed by atoms with Crippen LogP contribution in [0.15, 0.2) is 12.1 Å². The van der Waals surface area contributed by atoms with E-state index in [0.717, 1.165) is 0 Å². The lowest BCUT2D eigenvalue weighted by molar-refractivity contribution is -0.133. The molecule has 0 spiro atoms. The van der Waals surface area contributed by atoms with Crippen molar-refractivity contribution in [1.29, 1.82) is 0 Å². The maximum atomic E-state index is 13.9. The van der Waals surface area contributed by atoms with E-state index in [4.69, 9.17) is 0 Å². The molecule has 1 aromatic rings. The standard InChI is InChI=1S/C14H16F2N2O2/c1-7(2)8-5-9(15)13(10(16)6-8)17-11-3-4-12(19)18-14(11)20/h5-7,11,17H,3-4H2,1-2H3,(H,18,19,20). The fraction of sp³-hybridized carbons (Fsp3) is 0.429. The number of carbonyl (C=O) groups is 2. The van der Waals surface area contributed by atoms with E-state index < -0.39 is 23.6 Å². The van der Waals surface area contributed by atoms with Gasteiger partial charge < -0.3 is 5.32 Å².